The van der Waals surface area contributed by atoms with Crippen LogP contribution < -0.4 is 5.32 Å². The largest absolute Gasteiger partial charge is 0.350 e. The van der Waals surface area contributed by atoms with Gasteiger partial charge in [0, 0.05) is 55.3 Å². The van der Waals surface area contributed by atoms with Crippen molar-refractivity contribution in [3.8, 4) is 0 Å². The highest BCUT2D eigenvalue weighted by Crippen LogP contribution is 2.44. The number of aromatic amines is 1. The molecule has 1 aliphatic heterocycles. The molecule has 1 aromatic carbocycles. The van der Waals surface area contributed by atoms with E-state index < -0.39 is 0 Å². The average Bonchev–Trinajstić information content (AvgIpc) is 3.63. The molecule has 0 bridgehead atoms. The molecule has 3 heterocycles. The Bertz CT molecular complexity index is 1280. The molecule has 0 radical (unpaired) electrons. The van der Waals surface area contributed by atoms with Crippen LogP contribution in [0.4, 0.5) is 0 Å². The Labute approximate surface area is 230 Å². The lowest BCUT2D eigenvalue weighted by Gasteiger charge is -2.46. The van der Waals surface area contributed by atoms with Gasteiger partial charge in [-0.25, -0.2) is 4.98 Å². The summed E-state index contributed by atoms with van der Waals surface area (Å²) in [6.07, 6.45) is 15.3. The molecule has 3 aromatic rings. The number of H-pyrrole nitrogens is 1. The number of likely N-dealkylation sites (tertiary alicyclic amines) is 1. The van der Waals surface area contributed by atoms with Gasteiger partial charge in [-0.2, -0.15) is 5.10 Å². The van der Waals surface area contributed by atoms with Gasteiger partial charge in [0.2, 0.25) is 5.91 Å². The molecule has 39 heavy (non-hydrogen) atoms. The van der Waals surface area contributed by atoms with Gasteiger partial charge in [0.1, 0.15) is 5.69 Å². The summed E-state index contributed by atoms with van der Waals surface area (Å²) in [6.45, 7) is 8.66. The van der Waals surface area contributed by atoms with Crippen molar-refractivity contribution in [3.63, 3.8) is 0 Å². The number of aromatic nitrogens is 4. The first-order valence-corrected chi connectivity index (χ1v) is 14.1. The summed E-state index contributed by atoms with van der Waals surface area (Å²) in [6, 6.07) is 10.3. The van der Waals surface area contributed by atoms with E-state index in [-0.39, 0.29) is 28.7 Å². The maximum absolute atomic E-state index is 13.0. The minimum Gasteiger partial charge on any atom is -0.350 e. The number of nitrogens with zero attached hydrogens (tertiary/aromatic N) is 4. The zero-order valence-electron chi connectivity index (χ0n) is 23.3. The fourth-order valence-corrected chi connectivity index (χ4v) is 5.78. The molecular weight excluding hydrogens is 488 g/mol. The minimum absolute atomic E-state index is 0.0252. The Morgan fingerprint density at radius 3 is 2.44 bits per heavy atom. The molecule has 2 aliphatic rings. The fourth-order valence-electron chi connectivity index (χ4n) is 5.78. The number of rotatable bonds is 6. The number of amides is 2. The molecular formula is C31H40N6O2. The Balaban J connectivity index is 1.05. The molecule has 1 saturated carbocycles. The standard InChI is InChI=1S/C31H40N6O2/c1-30(2,3)27-20-26(34-35-27)29(39)37-17-14-31(15-18-37)12-10-25(11-13-31)33-28(38)9-8-23-4-6-24(7-5-23)21-36-19-16-32-22-36/h4-9,16,19-20,22,25H,10-15,17-18,21H2,1-3H3,(H,33,38)(H,34,35)/b9-8+. The van der Waals surface area contributed by atoms with Crippen molar-refractivity contribution in [2.75, 3.05) is 13.1 Å². The van der Waals surface area contributed by atoms with E-state index in [1.807, 2.05) is 39.9 Å². The molecule has 206 valence electrons. The van der Waals surface area contributed by atoms with Crippen LogP contribution in [0.3, 0.4) is 0 Å². The lowest BCUT2D eigenvalue weighted by Crippen LogP contribution is -2.47. The highest BCUT2D eigenvalue weighted by atomic mass is 16.2. The third-order valence-corrected chi connectivity index (χ3v) is 8.44. The van der Waals surface area contributed by atoms with Gasteiger partial charge in [-0.05, 0) is 67.2 Å². The predicted molar refractivity (Wildman–Crippen MR) is 152 cm³/mol. The zero-order valence-corrected chi connectivity index (χ0v) is 23.3. The molecule has 2 amide bonds. The summed E-state index contributed by atoms with van der Waals surface area (Å²) in [5.74, 6) is -0.00957. The second-order valence-electron chi connectivity index (χ2n) is 12.3. The Hall–Kier alpha value is -3.68. The maximum Gasteiger partial charge on any atom is 0.274 e. The fraction of sp³-hybridized carbons (Fsp3) is 0.484. The number of hydrogen-bond donors (Lipinski definition) is 2. The number of imidazole rings is 1. The van der Waals surface area contributed by atoms with Crippen molar-refractivity contribution >= 4 is 17.9 Å². The van der Waals surface area contributed by atoms with E-state index in [0.717, 1.165) is 69.4 Å². The van der Waals surface area contributed by atoms with Crippen molar-refractivity contribution < 1.29 is 9.59 Å². The normalized spacial score (nSPS) is 18.1. The zero-order chi connectivity index (χ0) is 27.5. The van der Waals surface area contributed by atoms with E-state index in [2.05, 4.69) is 53.4 Å². The first-order chi connectivity index (χ1) is 18.7. The Morgan fingerprint density at radius 2 is 1.82 bits per heavy atom. The van der Waals surface area contributed by atoms with E-state index >= 15 is 0 Å². The summed E-state index contributed by atoms with van der Waals surface area (Å²) in [4.78, 5) is 31.6. The van der Waals surface area contributed by atoms with Crippen LogP contribution in [0.1, 0.15) is 86.6 Å². The third kappa shape index (κ3) is 6.67. The number of piperidine rings is 1. The lowest BCUT2D eigenvalue weighted by molar-refractivity contribution is -0.117. The maximum atomic E-state index is 13.0. The van der Waals surface area contributed by atoms with Crippen LogP contribution in [-0.2, 0) is 16.8 Å². The minimum atomic E-state index is -0.0612. The highest BCUT2D eigenvalue weighted by Gasteiger charge is 2.39. The topological polar surface area (TPSA) is 95.9 Å². The van der Waals surface area contributed by atoms with Crippen molar-refractivity contribution in [1.29, 1.82) is 0 Å². The molecule has 2 fully saturated rings. The molecule has 2 aromatic heterocycles. The van der Waals surface area contributed by atoms with E-state index in [4.69, 9.17) is 0 Å². The van der Waals surface area contributed by atoms with E-state index in [1.165, 1.54) is 5.56 Å². The van der Waals surface area contributed by atoms with Crippen LogP contribution in [-0.4, -0.2) is 55.6 Å². The van der Waals surface area contributed by atoms with Gasteiger partial charge < -0.3 is 14.8 Å². The van der Waals surface area contributed by atoms with E-state index in [9.17, 15) is 9.59 Å². The van der Waals surface area contributed by atoms with Gasteiger partial charge in [-0.15, -0.1) is 0 Å². The Kier molecular flexibility index (Phi) is 7.73. The van der Waals surface area contributed by atoms with Crippen LogP contribution >= 0.6 is 0 Å². The number of nitrogens with one attached hydrogen (secondary N) is 2. The first-order valence-electron chi connectivity index (χ1n) is 14.1. The van der Waals surface area contributed by atoms with Crippen LogP contribution in [0.2, 0.25) is 0 Å². The smallest absolute Gasteiger partial charge is 0.274 e. The summed E-state index contributed by atoms with van der Waals surface area (Å²) < 4.78 is 2.03. The van der Waals surface area contributed by atoms with Crippen molar-refractivity contribution in [2.24, 2.45) is 5.41 Å². The summed E-state index contributed by atoms with van der Waals surface area (Å²) >= 11 is 0. The molecule has 2 N–H and O–H groups in total. The Morgan fingerprint density at radius 1 is 1.10 bits per heavy atom. The molecule has 1 aliphatic carbocycles. The number of carbonyl (C=O) groups is 2. The number of benzene rings is 1. The van der Waals surface area contributed by atoms with Crippen LogP contribution in [0.15, 0.2) is 55.1 Å². The van der Waals surface area contributed by atoms with Gasteiger partial charge >= 0.3 is 0 Å². The van der Waals surface area contributed by atoms with Crippen molar-refractivity contribution in [3.05, 3.63) is 77.6 Å². The summed E-state index contributed by atoms with van der Waals surface area (Å²) in [7, 11) is 0. The van der Waals surface area contributed by atoms with Gasteiger partial charge in [0.05, 0.1) is 6.33 Å². The molecule has 0 unspecified atom stereocenters. The SMILES string of the molecule is CC(C)(C)c1cc(C(=O)N2CCC3(CCC(NC(=O)/C=C/c4ccc(Cn5ccnc5)cc4)CC3)CC2)n[nH]1. The van der Waals surface area contributed by atoms with Gasteiger partial charge in [0.15, 0.2) is 0 Å². The van der Waals surface area contributed by atoms with Gasteiger partial charge in [0.25, 0.3) is 5.91 Å². The summed E-state index contributed by atoms with van der Waals surface area (Å²) in [5, 5.41) is 10.5. The number of hydrogen-bond acceptors (Lipinski definition) is 4. The molecule has 8 nitrogen and oxygen atoms in total. The summed E-state index contributed by atoms with van der Waals surface area (Å²) in [5.41, 5.74) is 3.92. The van der Waals surface area contributed by atoms with Crippen LogP contribution in [0.25, 0.3) is 6.08 Å². The monoisotopic (exact) mass is 528 g/mol. The molecule has 8 heteroatoms. The lowest BCUT2D eigenvalue weighted by atomic mass is 9.67. The average molecular weight is 529 g/mol. The molecule has 5 rings (SSSR count). The van der Waals surface area contributed by atoms with Crippen molar-refractivity contribution in [1.82, 2.24) is 30.0 Å². The quantitative estimate of drug-likeness (QED) is 0.443. The van der Waals surface area contributed by atoms with Crippen LogP contribution in [0.5, 0.6) is 0 Å². The van der Waals surface area contributed by atoms with E-state index in [1.54, 1.807) is 18.6 Å². The van der Waals surface area contributed by atoms with Gasteiger partial charge in [-0.3, -0.25) is 14.7 Å². The first kappa shape index (κ1) is 26.9. The van der Waals surface area contributed by atoms with Crippen molar-refractivity contribution in [2.45, 2.75) is 77.3 Å². The number of carbonyl (C=O) groups excluding carboxylic acids is 2. The highest BCUT2D eigenvalue weighted by molar-refractivity contribution is 5.92. The van der Waals surface area contributed by atoms with Gasteiger partial charge in [-0.1, -0.05) is 45.0 Å². The molecule has 1 saturated heterocycles. The molecule has 1 spiro atoms. The molecule has 0 atom stereocenters. The third-order valence-electron chi connectivity index (χ3n) is 8.44. The second-order valence-corrected chi connectivity index (χ2v) is 12.3. The van der Waals surface area contributed by atoms with Crippen LogP contribution in [0, 0.1) is 5.41 Å². The predicted octanol–water partition coefficient (Wildman–Crippen LogP) is 4.95. The van der Waals surface area contributed by atoms with E-state index in [0.29, 0.717) is 5.69 Å². The second kappa shape index (κ2) is 11.2.